The Balaban J connectivity index is 1.83. The summed E-state index contributed by atoms with van der Waals surface area (Å²) < 4.78 is 0. The summed E-state index contributed by atoms with van der Waals surface area (Å²) >= 11 is 0. The molecule has 210 valence electrons. The predicted molar refractivity (Wildman–Crippen MR) is 142 cm³/mol. The van der Waals surface area contributed by atoms with E-state index in [-0.39, 0.29) is 34.8 Å². The Morgan fingerprint density at radius 1 is 1.03 bits per heavy atom. The van der Waals surface area contributed by atoms with Crippen molar-refractivity contribution in [1.29, 1.82) is 0 Å². The van der Waals surface area contributed by atoms with Gasteiger partial charge in [0.05, 0.1) is 6.04 Å². The zero-order chi connectivity index (χ0) is 28.1. The molecule has 3 fully saturated rings. The Labute approximate surface area is 221 Å². The van der Waals surface area contributed by atoms with Crippen molar-refractivity contribution >= 4 is 23.6 Å². The number of ketones is 1. The van der Waals surface area contributed by atoms with Gasteiger partial charge in [0.15, 0.2) is 5.78 Å². The van der Waals surface area contributed by atoms with Gasteiger partial charge in [-0.1, -0.05) is 53.9 Å². The SMILES string of the molecule is CC(=O)C(O)C(CC1CCC1)NC(=O)[C@@H]1[C@@H]2[C@H](CN1C(=O)[C@@H](NC(=O)NC(C)(C)C)C(C)(C)C)C2(C)C. The maximum absolute atomic E-state index is 13.9. The molecule has 0 aromatic heterocycles. The lowest BCUT2D eigenvalue weighted by atomic mass is 9.79. The van der Waals surface area contributed by atoms with Gasteiger partial charge >= 0.3 is 6.03 Å². The summed E-state index contributed by atoms with van der Waals surface area (Å²) in [6, 6.07) is -2.66. The van der Waals surface area contributed by atoms with E-state index >= 15 is 0 Å². The average Bonchev–Trinajstić information content (AvgIpc) is 3.06. The molecule has 9 heteroatoms. The molecule has 2 saturated carbocycles. The zero-order valence-electron chi connectivity index (χ0n) is 24.1. The van der Waals surface area contributed by atoms with Gasteiger partial charge in [-0.25, -0.2) is 4.79 Å². The second kappa shape index (κ2) is 10.2. The van der Waals surface area contributed by atoms with E-state index in [0.717, 1.165) is 19.3 Å². The molecule has 9 nitrogen and oxygen atoms in total. The number of hydrogen-bond acceptors (Lipinski definition) is 5. The lowest BCUT2D eigenvalue weighted by Gasteiger charge is -2.39. The predicted octanol–water partition coefficient (Wildman–Crippen LogP) is 2.61. The second-order valence-electron chi connectivity index (χ2n) is 14.2. The van der Waals surface area contributed by atoms with Gasteiger partial charge in [0.25, 0.3) is 0 Å². The van der Waals surface area contributed by atoms with Crippen LogP contribution in [-0.4, -0.2) is 69.9 Å². The third kappa shape index (κ3) is 6.47. The van der Waals surface area contributed by atoms with Crippen molar-refractivity contribution in [3.05, 3.63) is 0 Å². The number of aliphatic hydroxyl groups excluding tert-OH is 1. The smallest absolute Gasteiger partial charge is 0.315 e. The largest absolute Gasteiger partial charge is 0.383 e. The van der Waals surface area contributed by atoms with Crippen LogP contribution in [0.2, 0.25) is 0 Å². The topological polar surface area (TPSA) is 128 Å². The van der Waals surface area contributed by atoms with Crippen LogP contribution in [0.25, 0.3) is 0 Å². The minimum absolute atomic E-state index is 0.0145. The first-order valence-corrected chi connectivity index (χ1v) is 13.7. The number of nitrogens with zero attached hydrogens (tertiary/aromatic N) is 1. The van der Waals surface area contributed by atoms with E-state index in [1.165, 1.54) is 6.92 Å². The maximum atomic E-state index is 13.9. The number of nitrogens with one attached hydrogen (secondary N) is 3. The van der Waals surface area contributed by atoms with E-state index in [1.54, 1.807) is 4.90 Å². The van der Waals surface area contributed by atoms with E-state index < -0.39 is 41.2 Å². The van der Waals surface area contributed by atoms with E-state index in [1.807, 2.05) is 41.5 Å². The number of rotatable bonds is 8. The molecule has 2 aliphatic carbocycles. The maximum Gasteiger partial charge on any atom is 0.315 e. The van der Waals surface area contributed by atoms with Gasteiger partial charge in [0, 0.05) is 12.1 Å². The molecule has 0 aromatic rings. The van der Waals surface area contributed by atoms with Crippen LogP contribution >= 0.6 is 0 Å². The summed E-state index contributed by atoms with van der Waals surface area (Å²) in [5.74, 6) is -0.458. The third-order valence-corrected chi connectivity index (χ3v) is 8.57. The quantitative estimate of drug-likeness (QED) is 0.391. The molecule has 0 spiro atoms. The third-order valence-electron chi connectivity index (χ3n) is 8.57. The fraction of sp³-hybridized carbons (Fsp3) is 0.857. The van der Waals surface area contributed by atoms with Crippen molar-refractivity contribution in [3.63, 3.8) is 0 Å². The minimum atomic E-state index is -1.27. The number of likely N-dealkylation sites (tertiary alicyclic amines) is 1. The highest BCUT2D eigenvalue weighted by atomic mass is 16.3. The summed E-state index contributed by atoms with van der Waals surface area (Å²) in [5.41, 5.74) is -1.15. The first-order chi connectivity index (χ1) is 16.8. The molecule has 3 rings (SSSR count). The summed E-state index contributed by atoms with van der Waals surface area (Å²) in [6.45, 7) is 17.3. The van der Waals surface area contributed by atoms with Crippen LogP contribution in [0.4, 0.5) is 4.79 Å². The number of Topliss-reactive ketones (excluding diaryl/α,β-unsaturated/α-hetero) is 1. The van der Waals surface area contributed by atoms with Gasteiger partial charge < -0.3 is 26.0 Å². The Kier molecular flexibility index (Phi) is 8.10. The standard InChI is InChI=1S/C28H48N4O5/c1-15(33)21(34)18(13-16-11-10-12-16)29-23(35)20-19-17(28(19,8)9)14-32(20)24(36)22(26(2,3)4)30-25(37)31-27(5,6)7/h16-22,34H,10-14H2,1-9H3,(H,29,35)(H2,30,31,37)/t17-,18?,19-,20-,21?,22+/m0/s1. The molecule has 0 bridgehead atoms. The van der Waals surface area contributed by atoms with Crippen molar-refractivity contribution in [1.82, 2.24) is 20.9 Å². The highest BCUT2D eigenvalue weighted by Crippen LogP contribution is 2.65. The fourth-order valence-corrected chi connectivity index (χ4v) is 6.04. The lowest BCUT2D eigenvalue weighted by Crippen LogP contribution is -2.62. The average molecular weight is 521 g/mol. The summed E-state index contributed by atoms with van der Waals surface area (Å²) in [5, 5.41) is 19.3. The van der Waals surface area contributed by atoms with E-state index in [2.05, 4.69) is 29.8 Å². The normalized spacial score (nSPS) is 27.3. The molecule has 4 N–H and O–H groups in total. The van der Waals surface area contributed by atoms with Gasteiger partial charge in [-0.2, -0.15) is 0 Å². The van der Waals surface area contributed by atoms with Crippen LogP contribution < -0.4 is 16.0 Å². The molecule has 3 aliphatic rings. The van der Waals surface area contributed by atoms with Crippen LogP contribution in [0.5, 0.6) is 0 Å². The monoisotopic (exact) mass is 520 g/mol. The molecule has 37 heavy (non-hydrogen) atoms. The summed E-state index contributed by atoms with van der Waals surface area (Å²) in [6.07, 6.45) is 2.44. The molecule has 0 aromatic carbocycles. The van der Waals surface area contributed by atoms with Crippen molar-refractivity contribution in [2.24, 2.45) is 28.6 Å². The number of carbonyl (C=O) groups is 4. The number of piperidine rings is 1. The minimum Gasteiger partial charge on any atom is -0.383 e. The molecule has 2 unspecified atom stereocenters. The number of aliphatic hydroxyl groups is 1. The van der Waals surface area contributed by atoms with Crippen LogP contribution in [-0.2, 0) is 14.4 Å². The molecule has 1 saturated heterocycles. The van der Waals surface area contributed by atoms with Crippen LogP contribution in [0.1, 0.15) is 88.0 Å². The van der Waals surface area contributed by atoms with Gasteiger partial charge in [0.1, 0.15) is 18.2 Å². The van der Waals surface area contributed by atoms with Crippen molar-refractivity contribution in [2.75, 3.05) is 6.54 Å². The van der Waals surface area contributed by atoms with Gasteiger partial charge in [0.2, 0.25) is 11.8 Å². The first-order valence-electron chi connectivity index (χ1n) is 13.7. The van der Waals surface area contributed by atoms with Crippen molar-refractivity contribution in [3.8, 4) is 0 Å². The fourth-order valence-electron chi connectivity index (χ4n) is 6.04. The van der Waals surface area contributed by atoms with Gasteiger partial charge in [-0.3, -0.25) is 14.4 Å². The van der Waals surface area contributed by atoms with E-state index in [0.29, 0.717) is 18.9 Å². The number of amides is 4. The van der Waals surface area contributed by atoms with Crippen LogP contribution in [0, 0.1) is 28.6 Å². The zero-order valence-corrected chi connectivity index (χ0v) is 24.1. The molecule has 6 atom stereocenters. The Morgan fingerprint density at radius 2 is 1.62 bits per heavy atom. The molecule has 1 aliphatic heterocycles. The highest BCUT2D eigenvalue weighted by molar-refractivity contribution is 5.94. The first kappa shape index (κ1) is 29.4. The number of hydrogen-bond donors (Lipinski definition) is 4. The van der Waals surface area contributed by atoms with Crippen LogP contribution in [0.15, 0.2) is 0 Å². The Morgan fingerprint density at radius 3 is 2.08 bits per heavy atom. The van der Waals surface area contributed by atoms with Gasteiger partial charge in [-0.05, 0) is 62.7 Å². The summed E-state index contributed by atoms with van der Waals surface area (Å²) in [7, 11) is 0. The molecular formula is C28H48N4O5. The molecule has 0 radical (unpaired) electrons. The van der Waals surface area contributed by atoms with Crippen LogP contribution in [0.3, 0.4) is 0 Å². The highest BCUT2D eigenvalue weighted by Gasteiger charge is 2.69. The van der Waals surface area contributed by atoms with Crippen molar-refractivity contribution in [2.45, 2.75) is 118 Å². The van der Waals surface area contributed by atoms with E-state index in [4.69, 9.17) is 0 Å². The second-order valence-corrected chi connectivity index (χ2v) is 14.2. The Bertz CT molecular complexity index is 915. The van der Waals surface area contributed by atoms with Crippen molar-refractivity contribution < 1.29 is 24.3 Å². The number of urea groups is 1. The Hall–Kier alpha value is -2.16. The lowest BCUT2D eigenvalue weighted by molar-refractivity contribution is -0.144. The molecule has 4 amide bonds. The molecular weight excluding hydrogens is 472 g/mol. The summed E-state index contributed by atoms with van der Waals surface area (Å²) in [4.78, 5) is 54.1. The number of fused-ring (bicyclic) bond motifs is 1. The number of carbonyl (C=O) groups excluding carboxylic acids is 4. The van der Waals surface area contributed by atoms with Gasteiger partial charge in [-0.15, -0.1) is 0 Å². The molecule has 1 heterocycles. The van der Waals surface area contributed by atoms with E-state index in [9.17, 15) is 24.3 Å².